The average Bonchev–Trinajstić information content (AvgIpc) is 3.05. The number of nitrogens with zero attached hydrogens (tertiary/aromatic N) is 2. The molecule has 46 heavy (non-hydrogen) atoms. The zero-order valence-corrected chi connectivity index (χ0v) is 26.5. The largest absolute Gasteiger partial charge is 0.416 e. The third-order valence-corrected chi connectivity index (χ3v) is 9.35. The van der Waals surface area contributed by atoms with E-state index < -0.39 is 46.2 Å². The minimum Gasteiger partial charge on any atom is -0.354 e. The van der Waals surface area contributed by atoms with Gasteiger partial charge in [-0.1, -0.05) is 91.3 Å². The summed E-state index contributed by atoms with van der Waals surface area (Å²) in [6.07, 6.45) is -4.06. The van der Waals surface area contributed by atoms with E-state index in [4.69, 9.17) is 11.6 Å². The second-order valence-corrected chi connectivity index (χ2v) is 12.8. The quantitative estimate of drug-likeness (QED) is 0.171. The molecular weight excluding hydrogens is 639 g/mol. The Morgan fingerprint density at radius 1 is 0.870 bits per heavy atom. The molecule has 0 fully saturated rings. The number of amides is 2. The van der Waals surface area contributed by atoms with Crippen LogP contribution in [0.2, 0.25) is 5.02 Å². The average molecular weight is 672 g/mol. The van der Waals surface area contributed by atoms with Gasteiger partial charge in [-0.05, 0) is 53.9 Å². The maximum Gasteiger partial charge on any atom is 0.416 e. The van der Waals surface area contributed by atoms with Gasteiger partial charge in [0.25, 0.3) is 10.0 Å². The van der Waals surface area contributed by atoms with Crippen LogP contribution in [-0.4, -0.2) is 44.3 Å². The summed E-state index contributed by atoms with van der Waals surface area (Å²) < 4.78 is 69.8. The maximum atomic E-state index is 14.4. The van der Waals surface area contributed by atoms with E-state index in [9.17, 15) is 31.2 Å². The van der Waals surface area contributed by atoms with Crippen molar-refractivity contribution in [1.29, 1.82) is 0 Å². The van der Waals surface area contributed by atoms with Crippen LogP contribution in [0.5, 0.6) is 0 Å². The molecule has 7 nitrogen and oxygen atoms in total. The standard InChI is InChI=1S/C34H33ClF3N3O4S/c1-2-20-39-33(43)31(21-25-12-5-3-6-13-25)40(23-26-14-9-10-19-30(26)35)32(42)24-41(46(44,45)29-17-7-4-8-18-29)28-16-11-15-27(22-28)34(36,37)38/h3-19,22,31H,2,20-21,23-24H2,1H3,(H,39,43). The fourth-order valence-corrected chi connectivity index (χ4v) is 6.44. The number of alkyl halides is 3. The number of anilines is 1. The molecule has 0 heterocycles. The summed E-state index contributed by atoms with van der Waals surface area (Å²) in [6, 6.07) is 25.5. The number of rotatable bonds is 13. The molecule has 4 aromatic carbocycles. The first-order valence-corrected chi connectivity index (χ1v) is 16.3. The van der Waals surface area contributed by atoms with Crippen molar-refractivity contribution < 1.29 is 31.2 Å². The molecular formula is C34H33ClF3N3O4S. The summed E-state index contributed by atoms with van der Waals surface area (Å²) >= 11 is 6.46. The molecule has 0 spiro atoms. The maximum absolute atomic E-state index is 14.4. The molecule has 4 rings (SSSR count). The summed E-state index contributed by atoms with van der Waals surface area (Å²) in [5.74, 6) is -1.29. The lowest BCUT2D eigenvalue weighted by atomic mass is 10.0. The predicted octanol–water partition coefficient (Wildman–Crippen LogP) is 6.72. The lowest BCUT2D eigenvalue weighted by molar-refractivity contribution is -0.140. The third kappa shape index (κ3) is 8.67. The van der Waals surface area contributed by atoms with E-state index in [0.717, 1.165) is 17.7 Å². The van der Waals surface area contributed by atoms with Crippen LogP contribution in [0, 0.1) is 0 Å². The molecule has 0 saturated heterocycles. The molecule has 2 amide bonds. The Kier molecular flexibility index (Phi) is 11.5. The minimum absolute atomic E-state index is 0.0849. The monoisotopic (exact) mass is 671 g/mol. The van der Waals surface area contributed by atoms with Crippen molar-refractivity contribution in [3.8, 4) is 0 Å². The van der Waals surface area contributed by atoms with Gasteiger partial charge in [0.1, 0.15) is 12.6 Å². The van der Waals surface area contributed by atoms with Gasteiger partial charge in [-0.3, -0.25) is 13.9 Å². The predicted molar refractivity (Wildman–Crippen MR) is 172 cm³/mol. The summed E-state index contributed by atoms with van der Waals surface area (Å²) in [7, 11) is -4.55. The molecule has 0 aromatic heterocycles. The molecule has 242 valence electrons. The number of benzene rings is 4. The van der Waals surface area contributed by atoms with Gasteiger partial charge >= 0.3 is 6.18 Å². The fourth-order valence-electron chi connectivity index (χ4n) is 4.82. The Bertz CT molecular complexity index is 1740. The van der Waals surface area contributed by atoms with Crippen molar-refractivity contribution in [2.75, 3.05) is 17.4 Å². The molecule has 0 saturated carbocycles. The Hall–Kier alpha value is -4.35. The van der Waals surface area contributed by atoms with Crippen molar-refractivity contribution >= 4 is 39.1 Å². The topological polar surface area (TPSA) is 86.8 Å². The van der Waals surface area contributed by atoms with Crippen LogP contribution < -0.4 is 9.62 Å². The normalized spacial score (nSPS) is 12.3. The molecule has 0 bridgehead atoms. The molecule has 0 aliphatic carbocycles. The summed E-state index contributed by atoms with van der Waals surface area (Å²) in [5.41, 5.74) is -0.211. The van der Waals surface area contributed by atoms with Crippen LogP contribution in [0.15, 0.2) is 114 Å². The second kappa shape index (κ2) is 15.3. The number of halogens is 4. The first-order chi connectivity index (χ1) is 21.9. The zero-order valence-electron chi connectivity index (χ0n) is 25.0. The minimum atomic E-state index is -4.77. The summed E-state index contributed by atoms with van der Waals surface area (Å²) in [5, 5.41) is 3.15. The van der Waals surface area contributed by atoms with Crippen LogP contribution in [-0.2, 0) is 38.8 Å². The smallest absolute Gasteiger partial charge is 0.354 e. The summed E-state index contributed by atoms with van der Waals surface area (Å²) in [4.78, 5) is 29.1. The van der Waals surface area contributed by atoms with E-state index in [1.165, 1.54) is 35.2 Å². The molecule has 12 heteroatoms. The number of hydrogen-bond donors (Lipinski definition) is 1. The van der Waals surface area contributed by atoms with E-state index in [0.29, 0.717) is 33.9 Å². The van der Waals surface area contributed by atoms with Crippen molar-refractivity contribution in [2.45, 2.75) is 43.4 Å². The first kappa shape index (κ1) is 34.5. The van der Waals surface area contributed by atoms with Crippen LogP contribution in [0.25, 0.3) is 0 Å². The van der Waals surface area contributed by atoms with Crippen LogP contribution >= 0.6 is 11.6 Å². The molecule has 1 N–H and O–H groups in total. The van der Waals surface area contributed by atoms with E-state index >= 15 is 0 Å². The van der Waals surface area contributed by atoms with Gasteiger partial charge in [0.15, 0.2) is 0 Å². The second-order valence-electron chi connectivity index (χ2n) is 10.5. The van der Waals surface area contributed by atoms with Gasteiger partial charge in [-0.2, -0.15) is 13.2 Å². The number of carbonyl (C=O) groups excluding carboxylic acids is 2. The van der Waals surface area contributed by atoms with Gasteiger partial charge in [-0.15, -0.1) is 0 Å². The Labute approximate surface area is 271 Å². The lowest BCUT2D eigenvalue weighted by Gasteiger charge is -2.34. The molecule has 0 aliphatic heterocycles. The van der Waals surface area contributed by atoms with Gasteiger partial charge in [0.05, 0.1) is 16.1 Å². The molecule has 4 aromatic rings. The molecule has 0 radical (unpaired) electrons. The summed E-state index contributed by atoms with van der Waals surface area (Å²) in [6.45, 7) is 1.14. The highest BCUT2D eigenvalue weighted by Gasteiger charge is 2.36. The third-order valence-electron chi connectivity index (χ3n) is 7.19. The highest BCUT2D eigenvalue weighted by atomic mass is 35.5. The highest BCUT2D eigenvalue weighted by molar-refractivity contribution is 7.92. The first-order valence-electron chi connectivity index (χ1n) is 14.5. The van der Waals surface area contributed by atoms with E-state index in [-0.39, 0.29) is 23.5 Å². The fraction of sp³-hybridized carbons (Fsp3) is 0.235. The number of hydrogen-bond acceptors (Lipinski definition) is 4. The highest BCUT2D eigenvalue weighted by Crippen LogP contribution is 2.33. The van der Waals surface area contributed by atoms with Crippen LogP contribution in [0.3, 0.4) is 0 Å². The van der Waals surface area contributed by atoms with Crippen LogP contribution in [0.4, 0.5) is 18.9 Å². The van der Waals surface area contributed by atoms with Crippen molar-refractivity contribution in [2.24, 2.45) is 0 Å². The van der Waals surface area contributed by atoms with Gasteiger partial charge in [0, 0.05) is 24.5 Å². The van der Waals surface area contributed by atoms with Gasteiger partial charge in [0.2, 0.25) is 11.8 Å². The van der Waals surface area contributed by atoms with E-state index in [2.05, 4.69) is 5.32 Å². The zero-order chi connectivity index (χ0) is 33.3. The van der Waals surface area contributed by atoms with E-state index in [1.54, 1.807) is 54.6 Å². The number of carbonyl (C=O) groups is 2. The molecule has 1 unspecified atom stereocenters. The Balaban J connectivity index is 1.84. The van der Waals surface area contributed by atoms with Crippen molar-refractivity contribution in [3.05, 3.63) is 131 Å². The molecule has 1 atom stereocenters. The number of nitrogens with one attached hydrogen (secondary N) is 1. The van der Waals surface area contributed by atoms with Crippen molar-refractivity contribution in [3.63, 3.8) is 0 Å². The van der Waals surface area contributed by atoms with Gasteiger partial charge < -0.3 is 10.2 Å². The number of sulfonamides is 1. The van der Waals surface area contributed by atoms with E-state index in [1.807, 2.05) is 13.0 Å². The Morgan fingerprint density at radius 3 is 2.13 bits per heavy atom. The van der Waals surface area contributed by atoms with Crippen LogP contribution in [0.1, 0.15) is 30.0 Å². The van der Waals surface area contributed by atoms with Crippen molar-refractivity contribution in [1.82, 2.24) is 10.2 Å². The molecule has 0 aliphatic rings. The Morgan fingerprint density at radius 2 is 1.50 bits per heavy atom. The van der Waals surface area contributed by atoms with Gasteiger partial charge in [-0.25, -0.2) is 8.42 Å². The SMILES string of the molecule is CCCNC(=O)C(Cc1ccccc1)N(Cc1ccccc1Cl)C(=O)CN(c1cccc(C(F)(F)F)c1)S(=O)(=O)c1ccccc1. The lowest BCUT2D eigenvalue weighted by Crippen LogP contribution is -2.53.